The van der Waals surface area contributed by atoms with Crippen LogP contribution in [0.3, 0.4) is 0 Å². The average Bonchev–Trinajstić information content (AvgIpc) is 2.74. The van der Waals surface area contributed by atoms with E-state index in [1.165, 1.54) is 5.69 Å². The summed E-state index contributed by atoms with van der Waals surface area (Å²) in [5.74, 6) is 0.914. The monoisotopic (exact) mass is 273 g/mol. The van der Waals surface area contributed by atoms with Crippen molar-refractivity contribution in [1.82, 2.24) is 19.7 Å². The standard InChI is InChI=1S/C15H23N5/c1-4-6-14-10-15(18-11-17-14)16-7-5-8-20-13(3)9-12(2)19-20/h9-11H,4-8H2,1-3H3,(H,16,17,18). The molecule has 0 spiro atoms. The molecular formula is C15H23N5. The van der Waals surface area contributed by atoms with Crippen LogP contribution in [-0.2, 0) is 13.0 Å². The molecule has 0 aliphatic heterocycles. The number of aromatic nitrogens is 4. The first-order chi connectivity index (χ1) is 9.69. The highest BCUT2D eigenvalue weighted by atomic mass is 15.3. The van der Waals surface area contributed by atoms with Crippen LogP contribution in [0.1, 0.15) is 36.8 Å². The molecule has 2 heterocycles. The molecule has 1 N–H and O–H groups in total. The molecule has 0 fully saturated rings. The molecule has 2 aromatic rings. The van der Waals surface area contributed by atoms with Crippen molar-refractivity contribution < 1.29 is 0 Å². The highest BCUT2D eigenvalue weighted by Gasteiger charge is 2.01. The van der Waals surface area contributed by atoms with E-state index in [0.717, 1.165) is 49.6 Å². The molecule has 5 nitrogen and oxygen atoms in total. The molecule has 108 valence electrons. The number of nitrogens with one attached hydrogen (secondary N) is 1. The van der Waals surface area contributed by atoms with Crippen molar-refractivity contribution in [3.8, 4) is 0 Å². The van der Waals surface area contributed by atoms with Crippen LogP contribution in [0, 0.1) is 13.8 Å². The number of hydrogen-bond donors (Lipinski definition) is 1. The van der Waals surface area contributed by atoms with Crippen molar-refractivity contribution in [3.63, 3.8) is 0 Å². The summed E-state index contributed by atoms with van der Waals surface area (Å²) in [6.45, 7) is 8.09. The van der Waals surface area contributed by atoms with Gasteiger partial charge in [0, 0.05) is 30.5 Å². The molecule has 0 aliphatic rings. The van der Waals surface area contributed by atoms with Gasteiger partial charge in [0.1, 0.15) is 12.1 Å². The van der Waals surface area contributed by atoms with E-state index in [9.17, 15) is 0 Å². The molecule has 2 rings (SSSR count). The molecule has 0 saturated heterocycles. The molecule has 0 bridgehead atoms. The van der Waals surface area contributed by atoms with E-state index >= 15 is 0 Å². The summed E-state index contributed by atoms with van der Waals surface area (Å²) in [5.41, 5.74) is 3.40. The van der Waals surface area contributed by atoms with Gasteiger partial charge in [-0.05, 0) is 32.8 Å². The van der Waals surface area contributed by atoms with Gasteiger partial charge in [0.05, 0.1) is 5.69 Å². The Bertz CT molecular complexity index is 547. The number of nitrogens with zero attached hydrogens (tertiary/aromatic N) is 4. The van der Waals surface area contributed by atoms with Crippen LogP contribution in [0.5, 0.6) is 0 Å². The molecule has 5 heteroatoms. The SMILES string of the molecule is CCCc1cc(NCCCn2nc(C)cc2C)ncn1. The Labute approximate surface area is 120 Å². The van der Waals surface area contributed by atoms with Crippen LogP contribution >= 0.6 is 0 Å². The van der Waals surface area contributed by atoms with E-state index in [2.05, 4.69) is 45.0 Å². The van der Waals surface area contributed by atoms with Crippen molar-refractivity contribution in [2.75, 3.05) is 11.9 Å². The highest BCUT2D eigenvalue weighted by molar-refractivity contribution is 5.34. The minimum Gasteiger partial charge on any atom is -0.370 e. The summed E-state index contributed by atoms with van der Waals surface area (Å²) >= 11 is 0. The van der Waals surface area contributed by atoms with E-state index in [1.54, 1.807) is 6.33 Å². The van der Waals surface area contributed by atoms with Crippen molar-refractivity contribution in [1.29, 1.82) is 0 Å². The molecule has 2 aromatic heterocycles. The summed E-state index contributed by atoms with van der Waals surface area (Å²) < 4.78 is 2.06. The predicted octanol–water partition coefficient (Wildman–Crippen LogP) is 2.74. The molecule has 0 amide bonds. The van der Waals surface area contributed by atoms with Crippen molar-refractivity contribution in [3.05, 3.63) is 35.5 Å². The lowest BCUT2D eigenvalue weighted by Crippen LogP contribution is -2.10. The summed E-state index contributed by atoms with van der Waals surface area (Å²) in [6, 6.07) is 4.14. The van der Waals surface area contributed by atoms with Gasteiger partial charge in [-0.3, -0.25) is 4.68 Å². The lowest BCUT2D eigenvalue weighted by atomic mass is 10.2. The van der Waals surface area contributed by atoms with Gasteiger partial charge in [0.2, 0.25) is 0 Å². The molecule has 0 radical (unpaired) electrons. The van der Waals surface area contributed by atoms with Crippen LogP contribution in [0.4, 0.5) is 5.82 Å². The normalized spacial score (nSPS) is 10.8. The van der Waals surface area contributed by atoms with Gasteiger partial charge in [0.25, 0.3) is 0 Å². The van der Waals surface area contributed by atoms with Gasteiger partial charge < -0.3 is 5.32 Å². The van der Waals surface area contributed by atoms with E-state index in [4.69, 9.17) is 0 Å². The maximum Gasteiger partial charge on any atom is 0.129 e. The zero-order valence-corrected chi connectivity index (χ0v) is 12.6. The molecule has 20 heavy (non-hydrogen) atoms. The fourth-order valence-electron chi connectivity index (χ4n) is 2.23. The van der Waals surface area contributed by atoms with Gasteiger partial charge >= 0.3 is 0 Å². The number of hydrogen-bond acceptors (Lipinski definition) is 4. The van der Waals surface area contributed by atoms with Crippen LogP contribution < -0.4 is 5.32 Å². The summed E-state index contributed by atoms with van der Waals surface area (Å²) in [6.07, 6.45) is 4.76. The highest BCUT2D eigenvalue weighted by Crippen LogP contribution is 2.07. The number of aryl methyl sites for hydroxylation is 4. The number of rotatable bonds is 7. The second-order valence-electron chi connectivity index (χ2n) is 5.08. The Morgan fingerprint density at radius 1 is 1.20 bits per heavy atom. The molecular weight excluding hydrogens is 250 g/mol. The topological polar surface area (TPSA) is 55.6 Å². The summed E-state index contributed by atoms with van der Waals surface area (Å²) in [7, 11) is 0. The van der Waals surface area contributed by atoms with Gasteiger partial charge in [-0.1, -0.05) is 13.3 Å². The molecule has 0 atom stereocenters. The average molecular weight is 273 g/mol. The maximum absolute atomic E-state index is 4.46. The first-order valence-corrected chi connectivity index (χ1v) is 7.25. The van der Waals surface area contributed by atoms with E-state index in [-0.39, 0.29) is 0 Å². The smallest absolute Gasteiger partial charge is 0.129 e. The van der Waals surface area contributed by atoms with Crippen molar-refractivity contribution in [2.24, 2.45) is 0 Å². The van der Waals surface area contributed by atoms with Crippen LogP contribution in [0.2, 0.25) is 0 Å². The van der Waals surface area contributed by atoms with Gasteiger partial charge in [0.15, 0.2) is 0 Å². The lowest BCUT2D eigenvalue weighted by Gasteiger charge is -2.07. The first kappa shape index (κ1) is 14.5. The first-order valence-electron chi connectivity index (χ1n) is 7.25. The molecule has 0 aliphatic carbocycles. The number of anilines is 1. The predicted molar refractivity (Wildman–Crippen MR) is 80.8 cm³/mol. The Balaban J connectivity index is 1.78. The Hall–Kier alpha value is -1.91. The third kappa shape index (κ3) is 4.05. The fourth-order valence-corrected chi connectivity index (χ4v) is 2.23. The van der Waals surface area contributed by atoms with E-state index in [1.807, 2.05) is 13.0 Å². The zero-order chi connectivity index (χ0) is 14.4. The molecule has 0 saturated carbocycles. The third-order valence-corrected chi connectivity index (χ3v) is 3.19. The summed E-state index contributed by atoms with van der Waals surface area (Å²) in [5, 5.41) is 7.80. The lowest BCUT2D eigenvalue weighted by molar-refractivity contribution is 0.573. The zero-order valence-electron chi connectivity index (χ0n) is 12.6. The van der Waals surface area contributed by atoms with Crippen molar-refractivity contribution in [2.45, 2.75) is 46.6 Å². The third-order valence-electron chi connectivity index (χ3n) is 3.19. The van der Waals surface area contributed by atoms with Crippen LogP contribution in [0.15, 0.2) is 18.5 Å². The Morgan fingerprint density at radius 2 is 2.05 bits per heavy atom. The maximum atomic E-state index is 4.46. The summed E-state index contributed by atoms with van der Waals surface area (Å²) in [4.78, 5) is 8.50. The van der Waals surface area contributed by atoms with Gasteiger partial charge in [-0.2, -0.15) is 5.10 Å². The van der Waals surface area contributed by atoms with E-state index < -0.39 is 0 Å². The minimum atomic E-state index is 0.890. The Morgan fingerprint density at radius 3 is 2.75 bits per heavy atom. The quantitative estimate of drug-likeness (QED) is 0.788. The van der Waals surface area contributed by atoms with Gasteiger partial charge in [-0.25, -0.2) is 9.97 Å². The fraction of sp³-hybridized carbons (Fsp3) is 0.533. The van der Waals surface area contributed by atoms with Crippen LogP contribution in [0.25, 0.3) is 0 Å². The second kappa shape index (κ2) is 7.03. The largest absolute Gasteiger partial charge is 0.370 e. The van der Waals surface area contributed by atoms with Gasteiger partial charge in [-0.15, -0.1) is 0 Å². The molecule has 0 unspecified atom stereocenters. The van der Waals surface area contributed by atoms with Crippen LogP contribution in [-0.4, -0.2) is 26.3 Å². The molecule has 0 aromatic carbocycles. The Kier molecular flexibility index (Phi) is 5.09. The second-order valence-corrected chi connectivity index (χ2v) is 5.08. The van der Waals surface area contributed by atoms with Crippen molar-refractivity contribution >= 4 is 5.82 Å². The van der Waals surface area contributed by atoms with E-state index in [0.29, 0.717) is 0 Å². The minimum absolute atomic E-state index is 0.890.